The molecule has 3 rings (SSSR count). The molecule has 1 heterocycles. The molecule has 1 fully saturated rings. The van der Waals surface area contributed by atoms with Crippen molar-refractivity contribution in [1.29, 1.82) is 0 Å². The van der Waals surface area contributed by atoms with E-state index in [1.165, 1.54) is 29.7 Å². The first-order chi connectivity index (χ1) is 8.19. The maximum atomic E-state index is 5.63. The molecule has 3 nitrogen and oxygen atoms in total. The Bertz CT molecular complexity index is 586. The van der Waals surface area contributed by atoms with Gasteiger partial charge in [-0.3, -0.25) is 10.8 Å². The first-order valence-corrected chi connectivity index (χ1v) is 6.07. The van der Waals surface area contributed by atoms with E-state index >= 15 is 0 Å². The van der Waals surface area contributed by atoms with Crippen LogP contribution < -0.4 is 11.3 Å². The fraction of sp³-hybridized carbons (Fsp3) is 0.357. The number of aryl methyl sites for hydroxylation is 2. The van der Waals surface area contributed by atoms with Crippen LogP contribution in [0.4, 0.5) is 5.69 Å². The number of hydrogen-bond acceptors (Lipinski definition) is 3. The van der Waals surface area contributed by atoms with E-state index in [0.29, 0.717) is 5.92 Å². The Kier molecular flexibility index (Phi) is 2.30. The predicted octanol–water partition coefficient (Wildman–Crippen LogP) is 3.01. The highest BCUT2D eigenvalue weighted by Crippen LogP contribution is 2.41. The van der Waals surface area contributed by atoms with Gasteiger partial charge in [-0.25, -0.2) is 0 Å². The van der Waals surface area contributed by atoms with Gasteiger partial charge in [-0.1, -0.05) is 6.07 Å². The average molecular weight is 227 g/mol. The van der Waals surface area contributed by atoms with Crippen molar-refractivity contribution in [2.45, 2.75) is 32.6 Å². The largest absolute Gasteiger partial charge is 0.323 e. The summed E-state index contributed by atoms with van der Waals surface area (Å²) >= 11 is 0. The van der Waals surface area contributed by atoms with E-state index in [-0.39, 0.29) is 0 Å². The number of pyridine rings is 1. The molecule has 88 valence electrons. The third kappa shape index (κ3) is 1.76. The van der Waals surface area contributed by atoms with E-state index in [2.05, 4.69) is 37.5 Å². The Balaban J connectivity index is 2.31. The van der Waals surface area contributed by atoms with Crippen LogP contribution in [0.15, 0.2) is 18.2 Å². The molecule has 0 aliphatic heterocycles. The highest BCUT2D eigenvalue weighted by Gasteiger charge is 2.26. The van der Waals surface area contributed by atoms with Crippen molar-refractivity contribution in [3.05, 3.63) is 35.0 Å². The lowest BCUT2D eigenvalue weighted by molar-refractivity contribution is 1.04. The van der Waals surface area contributed by atoms with Crippen LogP contribution in [0.5, 0.6) is 0 Å². The molecule has 2 aromatic rings. The molecule has 1 aliphatic carbocycles. The van der Waals surface area contributed by atoms with Gasteiger partial charge in [-0.2, -0.15) is 0 Å². The molecule has 0 amide bonds. The number of hydrazine groups is 1. The van der Waals surface area contributed by atoms with E-state index in [0.717, 1.165) is 16.6 Å². The van der Waals surface area contributed by atoms with Crippen LogP contribution >= 0.6 is 0 Å². The molecule has 0 unspecified atom stereocenters. The minimum Gasteiger partial charge on any atom is -0.323 e. The first-order valence-electron chi connectivity index (χ1n) is 6.07. The summed E-state index contributed by atoms with van der Waals surface area (Å²) in [6, 6.07) is 6.40. The summed E-state index contributed by atoms with van der Waals surface area (Å²) in [5.41, 5.74) is 8.51. The van der Waals surface area contributed by atoms with Crippen molar-refractivity contribution in [3.8, 4) is 0 Å². The summed E-state index contributed by atoms with van der Waals surface area (Å²) in [6.07, 6.45) is 2.51. The number of anilines is 1. The zero-order valence-electron chi connectivity index (χ0n) is 10.2. The number of nitrogens with zero attached hydrogens (tertiary/aromatic N) is 1. The zero-order chi connectivity index (χ0) is 12.0. The van der Waals surface area contributed by atoms with Crippen LogP contribution in [-0.2, 0) is 0 Å². The monoisotopic (exact) mass is 227 g/mol. The Morgan fingerprint density at radius 2 is 2.00 bits per heavy atom. The first kappa shape index (κ1) is 10.5. The van der Waals surface area contributed by atoms with Gasteiger partial charge in [0.2, 0.25) is 0 Å². The highest BCUT2D eigenvalue weighted by atomic mass is 15.2. The normalized spacial score (nSPS) is 15.2. The zero-order valence-corrected chi connectivity index (χ0v) is 10.2. The van der Waals surface area contributed by atoms with Crippen molar-refractivity contribution in [1.82, 2.24) is 4.98 Å². The minimum atomic E-state index is 0.646. The van der Waals surface area contributed by atoms with E-state index < -0.39 is 0 Å². The van der Waals surface area contributed by atoms with E-state index in [4.69, 9.17) is 10.8 Å². The molecule has 0 bridgehead atoms. The number of benzene rings is 1. The van der Waals surface area contributed by atoms with Gasteiger partial charge >= 0.3 is 0 Å². The Hall–Kier alpha value is -1.61. The number of nitrogens with two attached hydrogens (primary N) is 1. The summed E-state index contributed by atoms with van der Waals surface area (Å²) in [4.78, 5) is 4.77. The summed E-state index contributed by atoms with van der Waals surface area (Å²) in [7, 11) is 0. The molecular weight excluding hydrogens is 210 g/mol. The maximum absolute atomic E-state index is 5.63. The van der Waals surface area contributed by atoms with Crippen molar-refractivity contribution in [2.75, 3.05) is 5.43 Å². The van der Waals surface area contributed by atoms with E-state index in [9.17, 15) is 0 Å². The highest BCUT2D eigenvalue weighted by molar-refractivity contribution is 5.94. The fourth-order valence-corrected chi connectivity index (χ4v) is 2.48. The van der Waals surface area contributed by atoms with Crippen molar-refractivity contribution in [3.63, 3.8) is 0 Å². The Morgan fingerprint density at radius 3 is 2.65 bits per heavy atom. The predicted molar refractivity (Wildman–Crippen MR) is 71.0 cm³/mol. The van der Waals surface area contributed by atoms with Gasteiger partial charge in [0.1, 0.15) is 0 Å². The topological polar surface area (TPSA) is 50.9 Å². The number of hydrogen-bond donors (Lipinski definition) is 2. The quantitative estimate of drug-likeness (QED) is 0.612. The van der Waals surface area contributed by atoms with Crippen molar-refractivity contribution in [2.24, 2.45) is 5.84 Å². The van der Waals surface area contributed by atoms with Crippen molar-refractivity contribution >= 4 is 16.6 Å². The standard InChI is InChI=1S/C14H17N3/c1-8-5-9(2)14-12(6-8)16-11(10-3-4-10)7-13(14)17-15/h5-7,10H,3-4,15H2,1-2H3,(H,16,17). The average Bonchev–Trinajstić information content (AvgIpc) is 3.10. The second-order valence-corrected chi connectivity index (χ2v) is 4.99. The van der Waals surface area contributed by atoms with Crippen LogP contribution in [0.3, 0.4) is 0 Å². The smallest absolute Gasteiger partial charge is 0.0732 e. The molecule has 0 radical (unpaired) electrons. The lowest BCUT2D eigenvalue weighted by Crippen LogP contribution is -2.09. The lowest BCUT2D eigenvalue weighted by atomic mass is 10.0. The minimum absolute atomic E-state index is 0.646. The molecule has 0 spiro atoms. The van der Waals surface area contributed by atoms with Gasteiger partial charge in [-0.15, -0.1) is 0 Å². The molecule has 1 aliphatic rings. The molecule has 3 heteroatoms. The van der Waals surface area contributed by atoms with Crippen LogP contribution in [0.25, 0.3) is 10.9 Å². The van der Waals surface area contributed by atoms with E-state index in [1.54, 1.807) is 0 Å². The van der Waals surface area contributed by atoms with Gasteiger partial charge in [-0.05, 0) is 49.9 Å². The summed E-state index contributed by atoms with van der Waals surface area (Å²) < 4.78 is 0. The SMILES string of the molecule is Cc1cc(C)c2c(NN)cc(C3CC3)nc2c1. The third-order valence-electron chi connectivity index (χ3n) is 3.42. The number of aromatic nitrogens is 1. The summed E-state index contributed by atoms with van der Waals surface area (Å²) in [6.45, 7) is 4.21. The van der Waals surface area contributed by atoms with Gasteiger partial charge in [0.25, 0.3) is 0 Å². The summed E-state index contributed by atoms with van der Waals surface area (Å²) in [5.74, 6) is 6.28. The number of nitrogen functional groups attached to an aromatic ring is 1. The van der Waals surface area contributed by atoms with Crippen LogP contribution in [0.2, 0.25) is 0 Å². The molecule has 1 aromatic carbocycles. The molecule has 1 aromatic heterocycles. The third-order valence-corrected chi connectivity index (χ3v) is 3.42. The second kappa shape index (κ2) is 3.70. The molecule has 0 atom stereocenters. The van der Waals surface area contributed by atoms with Gasteiger partial charge < -0.3 is 5.43 Å². The Labute approximate surface area is 101 Å². The molecule has 1 saturated carbocycles. The molecule has 3 N–H and O–H groups in total. The molecule has 0 saturated heterocycles. The number of rotatable bonds is 2. The molecular formula is C14H17N3. The van der Waals surface area contributed by atoms with Gasteiger partial charge in [0, 0.05) is 17.0 Å². The second-order valence-electron chi connectivity index (χ2n) is 4.99. The Morgan fingerprint density at radius 1 is 1.24 bits per heavy atom. The van der Waals surface area contributed by atoms with E-state index in [1.807, 2.05) is 0 Å². The van der Waals surface area contributed by atoms with Crippen LogP contribution in [0.1, 0.15) is 35.6 Å². The van der Waals surface area contributed by atoms with Crippen LogP contribution in [-0.4, -0.2) is 4.98 Å². The lowest BCUT2D eigenvalue weighted by Gasteiger charge is -2.11. The number of fused-ring (bicyclic) bond motifs is 1. The van der Waals surface area contributed by atoms with Gasteiger partial charge in [0.15, 0.2) is 0 Å². The molecule has 17 heavy (non-hydrogen) atoms. The fourth-order valence-electron chi connectivity index (χ4n) is 2.48. The maximum Gasteiger partial charge on any atom is 0.0732 e. The summed E-state index contributed by atoms with van der Waals surface area (Å²) in [5, 5.41) is 1.14. The van der Waals surface area contributed by atoms with Crippen molar-refractivity contribution < 1.29 is 0 Å². The van der Waals surface area contributed by atoms with Crippen LogP contribution in [0, 0.1) is 13.8 Å². The van der Waals surface area contributed by atoms with Gasteiger partial charge in [0.05, 0.1) is 11.2 Å². The number of nitrogens with one attached hydrogen (secondary N) is 1.